The average Bonchev–Trinajstić information content (AvgIpc) is 3.59. The van der Waals surface area contributed by atoms with Gasteiger partial charge in [0, 0.05) is 23.2 Å². The van der Waals surface area contributed by atoms with Crippen LogP contribution in [0.2, 0.25) is 0 Å². The lowest BCUT2D eigenvalue weighted by Gasteiger charge is -2.24. The summed E-state index contributed by atoms with van der Waals surface area (Å²) in [5.74, 6) is 0.713. The van der Waals surface area contributed by atoms with Gasteiger partial charge < -0.3 is 9.64 Å². The third-order valence-electron chi connectivity index (χ3n) is 5.71. The van der Waals surface area contributed by atoms with Gasteiger partial charge in [0.05, 0.1) is 24.4 Å². The van der Waals surface area contributed by atoms with Crippen molar-refractivity contribution in [3.63, 3.8) is 0 Å². The number of aromatic nitrogens is 2. The summed E-state index contributed by atoms with van der Waals surface area (Å²) < 4.78 is 7.37. The fourth-order valence-electron chi connectivity index (χ4n) is 4.22. The number of carbonyl (C=O) groups excluding carboxylic acids is 1. The molecule has 1 atom stereocenters. The normalized spacial score (nSPS) is 15.9. The monoisotopic (exact) mass is 429 g/mol. The first-order valence-corrected chi connectivity index (χ1v) is 11.3. The molecule has 0 bridgehead atoms. The molecule has 1 amide bonds. The fraction of sp³-hybridized carbons (Fsp3) is 0.200. The van der Waals surface area contributed by atoms with E-state index in [1.54, 1.807) is 23.1 Å². The molecule has 0 spiro atoms. The summed E-state index contributed by atoms with van der Waals surface area (Å²) >= 11 is 1.71. The minimum Gasteiger partial charge on any atom is -0.496 e. The number of nitrogens with zero attached hydrogens (tertiary/aromatic N) is 3. The minimum atomic E-state index is 0.0130. The molecule has 1 aliphatic rings. The number of carbonyl (C=O) groups is 1. The Labute approximate surface area is 185 Å². The molecular weight excluding hydrogens is 406 g/mol. The van der Waals surface area contributed by atoms with Gasteiger partial charge in [0.1, 0.15) is 11.4 Å². The van der Waals surface area contributed by atoms with Gasteiger partial charge in [-0.2, -0.15) is 5.10 Å². The third kappa shape index (κ3) is 3.64. The van der Waals surface area contributed by atoms with Crippen LogP contribution in [-0.2, 0) is 0 Å². The Morgan fingerprint density at radius 2 is 1.87 bits per heavy atom. The van der Waals surface area contributed by atoms with Gasteiger partial charge in [0.25, 0.3) is 5.91 Å². The van der Waals surface area contributed by atoms with Crippen LogP contribution in [0.25, 0.3) is 16.9 Å². The SMILES string of the molecule is COc1ccccc1-c1nn(-c2ccccc2)cc1C(=O)N1CCC[C@H]1c1cccs1. The minimum absolute atomic E-state index is 0.0130. The number of benzene rings is 2. The molecule has 1 fully saturated rings. The molecule has 1 aliphatic heterocycles. The van der Waals surface area contributed by atoms with E-state index in [-0.39, 0.29) is 11.9 Å². The van der Waals surface area contributed by atoms with E-state index in [0.717, 1.165) is 30.6 Å². The Kier molecular flexibility index (Phi) is 5.30. The number of hydrogen-bond donors (Lipinski definition) is 0. The number of likely N-dealkylation sites (tertiary alicyclic amines) is 1. The molecule has 156 valence electrons. The number of methoxy groups -OCH3 is 1. The molecule has 6 heteroatoms. The van der Waals surface area contributed by atoms with Crippen LogP contribution in [0.4, 0.5) is 0 Å². The van der Waals surface area contributed by atoms with Crippen LogP contribution in [0, 0.1) is 0 Å². The maximum Gasteiger partial charge on any atom is 0.258 e. The van der Waals surface area contributed by atoms with Crippen LogP contribution >= 0.6 is 11.3 Å². The van der Waals surface area contributed by atoms with E-state index in [1.807, 2.05) is 65.7 Å². The molecule has 0 aliphatic carbocycles. The number of rotatable bonds is 5. The zero-order valence-electron chi connectivity index (χ0n) is 17.3. The third-order valence-corrected chi connectivity index (χ3v) is 6.69. The lowest BCUT2D eigenvalue weighted by molar-refractivity contribution is 0.0738. The van der Waals surface area contributed by atoms with E-state index in [4.69, 9.17) is 9.84 Å². The Morgan fingerprint density at radius 1 is 1.06 bits per heavy atom. The summed E-state index contributed by atoms with van der Waals surface area (Å²) in [5.41, 5.74) is 2.96. The molecule has 2 aromatic carbocycles. The second-order valence-corrected chi connectivity index (χ2v) is 8.52. The maximum absolute atomic E-state index is 13.8. The van der Waals surface area contributed by atoms with Gasteiger partial charge in [-0.25, -0.2) is 4.68 Å². The molecule has 3 heterocycles. The maximum atomic E-state index is 13.8. The van der Waals surface area contributed by atoms with Crippen LogP contribution in [-0.4, -0.2) is 34.2 Å². The first-order valence-electron chi connectivity index (χ1n) is 10.4. The zero-order valence-corrected chi connectivity index (χ0v) is 18.1. The molecule has 5 nitrogen and oxygen atoms in total. The average molecular weight is 430 g/mol. The van der Waals surface area contributed by atoms with E-state index in [9.17, 15) is 4.79 Å². The summed E-state index contributed by atoms with van der Waals surface area (Å²) in [6.07, 6.45) is 3.84. The highest BCUT2D eigenvalue weighted by Gasteiger charge is 2.34. The molecule has 0 saturated carbocycles. The first kappa shape index (κ1) is 19.6. The number of thiophene rings is 1. The van der Waals surface area contributed by atoms with E-state index in [2.05, 4.69) is 17.5 Å². The van der Waals surface area contributed by atoms with Gasteiger partial charge in [-0.15, -0.1) is 11.3 Å². The van der Waals surface area contributed by atoms with Gasteiger partial charge in [-0.3, -0.25) is 4.79 Å². The summed E-state index contributed by atoms with van der Waals surface area (Å²) in [6, 6.07) is 21.9. The van der Waals surface area contributed by atoms with Crippen molar-refractivity contribution < 1.29 is 9.53 Å². The molecule has 0 unspecified atom stereocenters. The van der Waals surface area contributed by atoms with Crippen LogP contribution in [0.3, 0.4) is 0 Å². The van der Waals surface area contributed by atoms with Gasteiger partial charge in [0.15, 0.2) is 0 Å². The van der Waals surface area contributed by atoms with Crippen LogP contribution in [0.5, 0.6) is 5.75 Å². The van der Waals surface area contributed by atoms with Crippen molar-refractivity contribution in [2.24, 2.45) is 0 Å². The van der Waals surface area contributed by atoms with Crippen molar-refractivity contribution in [1.29, 1.82) is 0 Å². The lowest BCUT2D eigenvalue weighted by atomic mass is 10.1. The van der Waals surface area contributed by atoms with Crippen molar-refractivity contribution >= 4 is 17.2 Å². The Hall–Kier alpha value is -3.38. The predicted molar refractivity (Wildman–Crippen MR) is 123 cm³/mol. The van der Waals surface area contributed by atoms with Crippen molar-refractivity contribution in [3.8, 4) is 22.7 Å². The molecule has 2 aromatic heterocycles. The predicted octanol–water partition coefficient (Wildman–Crippen LogP) is 5.59. The quantitative estimate of drug-likeness (QED) is 0.416. The van der Waals surface area contributed by atoms with E-state index >= 15 is 0 Å². The highest BCUT2D eigenvalue weighted by Crippen LogP contribution is 2.38. The topological polar surface area (TPSA) is 47.4 Å². The van der Waals surface area contributed by atoms with Gasteiger partial charge >= 0.3 is 0 Å². The Balaban J connectivity index is 1.61. The number of ether oxygens (including phenoxy) is 1. The molecule has 1 saturated heterocycles. The highest BCUT2D eigenvalue weighted by atomic mass is 32.1. The summed E-state index contributed by atoms with van der Waals surface area (Å²) in [7, 11) is 1.64. The second kappa shape index (κ2) is 8.40. The summed E-state index contributed by atoms with van der Waals surface area (Å²) in [5, 5.41) is 6.90. The van der Waals surface area contributed by atoms with E-state index in [0.29, 0.717) is 17.0 Å². The van der Waals surface area contributed by atoms with Crippen molar-refractivity contribution in [2.45, 2.75) is 18.9 Å². The zero-order chi connectivity index (χ0) is 21.2. The Bertz CT molecular complexity index is 1180. The van der Waals surface area contributed by atoms with Crippen molar-refractivity contribution in [3.05, 3.63) is 88.7 Å². The summed E-state index contributed by atoms with van der Waals surface area (Å²) in [6.45, 7) is 0.753. The van der Waals surface area contributed by atoms with E-state index in [1.165, 1.54) is 4.88 Å². The van der Waals surface area contributed by atoms with Crippen LogP contribution < -0.4 is 4.74 Å². The molecule has 0 radical (unpaired) electrons. The van der Waals surface area contributed by atoms with Gasteiger partial charge in [-0.1, -0.05) is 36.4 Å². The molecule has 31 heavy (non-hydrogen) atoms. The summed E-state index contributed by atoms with van der Waals surface area (Å²) in [4.78, 5) is 17.1. The molecule has 0 N–H and O–H groups in total. The van der Waals surface area contributed by atoms with Crippen LogP contribution in [0.15, 0.2) is 78.3 Å². The standard InChI is InChI=1S/C25H23N3O2S/c1-30-22-13-6-5-11-19(22)24-20(17-28(26-24)18-9-3-2-4-10-18)25(29)27-15-7-12-21(27)23-14-8-16-31-23/h2-6,8-11,13-14,16-17,21H,7,12,15H2,1H3/t21-/m0/s1. The van der Waals surface area contributed by atoms with E-state index < -0.39 is 0 Å². The molecule has 5 rings (SSSR count). The van der Waals surface area contributed by atoms with Crippen molar-refractivity contribution in [2.75, 3.05) is 13.7 Å². The van der Waals surface area contributed by atoms with Gasteiger partial charge in [0.2, 0.25) is 0 Å². The Morgan fingerprint density at radius 3 is 2.65 bits per heavy atom. The molecular formula is C25H23N3O2S. The lowest BCUT2D eigenvalue weighted by Crippen LogP contribution is -2.30. The smallest absolute Gasteiger partial charge is 0.258 e. The first-order chi connectivity index (χ1) is 15.3. The number of hydrogen-bond acceptors (Lipinski definition) is 4. The van der Waals surface area contributed by atoms with Crippen LogP contribution in [0.1, 0.15) is 34.1 Å². The largest absolute Gasteiger partial charge is 0.496 e. The van der Waals surface area contributed by atoms with Crippen molar-refractivity contribution in [1.82, 2.24) is 14.7 Å². The fourth-order valence-corrected chi connectivity index (χ4v) is 5.10. The van der Waals surface area contributed by atoms with Gasteiger partial charge in [-0.05, 0) is 48.6 Å². The number of amides is 1. The highest BCUT2D eigenvalue weighted by molar-refractivity contribution is 7.10. The molecule has 4 aromatic rings. The second-order valence-electron chi connectivity index (χ2n) is 7.54. The number of para-hydroxylation sites is 2.